The molecule has 0 saturated heterocycles. The van der Waals surface area contributed by atoms with Gasteiger partial charge in [-0.05, 0) is 31.4 Å². The summed E-state index contributed by atoms with van der Waals surface area (Å²) in [6, 6.07) is 9.87. The second-order valence-corrected chi connectivity index (χ2v) is 3.84. The Morgan fingerprint density at radius 2 is 2.13 bits per heavy atom. The van der Waals surface area contributed by atoms with Crippen molar-refractivity contribution in [1.29, 1.82) is 5.26 Å². The number of nitrogens with two attached hydrogens (primary N) is 1. The Labute approximate surface area is 90.5 Å². The molecular weight excluding hydrogens is 188 g/mol. The molecule has 0 heterocycles. The zero-order valence-corrected chi connectivity index (χ0v) is 9.16. The molecule has 2 N–H and O–H groups in total. The fraction of sp³-hybridized carbons (Fsp3) is 0.417. The molecule has 0 fully saturated rings. The molecule has 3 nitrogen and oxygen atoms in total. The summed E-state index contributed by atoms with van der Waals surface area (Å²) >= 11 is 0. The lowest BCUT2D eigenvalue weighted by atomic mass is 9.95. The van der Waals surface area contributed by atoms with Crippen molar-refractivity contribution < 1.29 is 4.74 Å². The van der Waals surface area contributed by atoms with E-state index in [0.717, 1.165) is 17.7 Å². The molecule has 0 aliphatic carbocycles. The molecule has 1 aromatic rings. The topological polar surface area (TPSA) is 59.0 Å². The van der Waals surface area contributed by atoms with Crippen LogP contribution in [0.25, 0.3) is 0 Å². The van der Waals surface area contributed by atoms with E-state index in [4.69, 9.17) is 15.7 Å². The molecule has 15 heavy (non-hydrogen) atoms. The fourth-order valence-corrected chi connectivity index (χ4v) is 1.36. The molecule has 0 aromatic heterocycles. The van der Waals surface area contributed by atoms with Crippen molar-refractivity contribution in [1.82, 2.24) is 0 Å². The highest BCUT2D eigenvalue weighted by atomic mass is 16.5. The molecule has 0 amide bonds. The Hall–Kier alpha value is -1.53. The van der Waals surface area contributed by atoms with Crippen LogP contribution in [0.15, 0.2) is 24.3 Å². The third-order valence-electron chi connectivity index (χ3n) is 2.36. The van der Waals surface area contributed by atoms with E-state index < -0.39 is 5.54 Å². The summed E-state index contributed by atoms with van der Waals surface area (Å²) in [4.78, 5) is 0. The molecule has 80 valence electrons. The number of methoxy groups -OCH3 is 1. The number of aryl methyl sites for hydroxylation is 1. The number of nitriles is 1. The highest BCUT2D eigenvalue weighted by Gasteiger charge is 2.17. The summed E-state index contributed by atoms with van der Waals surface area (Å²) in [5.74, 6) is 0.853. The van der Waals surface area contributed by atoms with Crippen molar-refractivity contribution in [3.8, 4) is 11.8 Å². The maximum Gasteiger partial charge on any atom is 0.122 e. The molecule has 0 aliphatic rings. The SMILES string of the molecule is COc1ccccc1CCC(C)(N)C#N. The molecule has 0 radical (unpaired) electrons. The van der Waals surface area contributed by atoms with E-state index in [2.05, 4.69) is 6.07 Å². The van der Waals surface area contributed by atoms with Crippen LogP contribution >= 0.6 is 0 Å². The minimum absolute atomic E-state index is 0.629. The van der Waals surface area contributed by atoms with Gasteiger partial charge in [-0.15, -0.1) is 0 Å². The Morgan fingerprint density at radius 3 is 2.73 bits per heavy atom. The third-order valence-corrected chi connectivity index (χ3v) is 2.36. The molecule has 0 bridgehead atoms. The van der Waals surface area contributed by atoms with Gasteiger partial charge in [-0.25, -0.2) is 0 Å². The normalized spacial score (nSPS) is 14.0. The average molecular weight is 204 g/mol. The first kappa shape index (κ1) is 11.5. The minimum atomic E-state index is -0.763. The van der Waals surface area contributed by atoms with E-state index in [1.54, 1.807) is 14.0 Å². The molecule has 0 saturated carbocycles. The lowest BCUT2D eigenvalue weighted by Gasteiger charge is -2.15. The van der Waals surface area contributed by atoms with Crippen molar-refractivity contribution in [2.45, 2.75) is 25.3 Å². The van der Waals surface area contributed by atoms with Crippen LogP contribution in [0.2, 0.25) is 0 Å². The van der Waals surface area contributed by atoms with Crippen LogP contribution in [0, 0.1) is 11.3 Å². The van der Waals surface area contributed by atoms with Crippen LogP contribution in [-0.2, 0) is 6.42 Å². The van der Waals surface area contributed by atoms with E-state index in [-0.39, 0.29) is 0 Å². The Kier molecular flexibility index (Phi) is 3.70. The first-order chi connectivity index (χ1) is 7.09. The zero-order chi connectivity index (χ0) is 11.3. The van der Waals surface area contributed by atoms with Gasteiger partial charge in [0.1, 0.15) is 11.3 Å². The van der Waals surface area contributed by atoms with Crippen LogP contribution in [0.1, 0.15) is 18.9 Å². The summed E-state index contributed by atoms with van der Waals surface area (Å²) in [5.41, 5.74) is 6.08. The van der Waals surface area contributed by atoms with Gasteiger partial charge < -0.3 is 10.5 Å². The molecule has 0 spiro atoms. The standard InChI is InChI=1S/C12H16N2O/c1-12(14,9-13)8-7-10-5-3-4-6-11(10)15-2/h3-6H,7-8,14H2,1-2H3. The van der Waals surface area contributed by atoms with Crippen molar-refractivity contribution in [2.24, 2.45) is 5.73 Å². The van der Waals surface area contributed by atoms with E-state index >= 15 is 0 Å². The summed E-state index contributed by atoms with van der Waals surface area (Å²) in [5, 5.41) is 8.79. The highest BCUT2D eigenvalue weighted by Crippen LogP contribution is 2.20. The van der Waals surface area contributed by atoms with Crippen LogP contribution in [-0.4, -0.2) is 12.6 Å². The van der Waals surface area contributed by atoms with Crippen LogP contribution in [0.5, 0.6) is 5.75 Å². The van der Waals surface area contributed by atoms with Crippen molar-refractivity contribution in [3.05, 3.63) is 29.8 Å². The van der Waals surface area contributed by atoms with Crippen LogP contribution < -0.4 is 10.5 Å². The fourth-order valence-electron chi connectivity index (χ4n) is 1.36. The monoisotopic (exact) mass is 204 g/mol. The molecule has 1 unspecified atom stereocenters. The maximum absolute atomic E-state index is 8.79. The maximum atomic E-state index is 8.79. The number of hydrogen-bond acceptors (Lipinski definition) is 3. The largest absolute Gasteiger partial charge is 0.496 e. The van der Waals surface area contributed by atoms with E-state index in [9.17, 15) is 0 Å². The van der Waals surface area contributed by atoms with Gasteiger partial charge >= 0.3 is 0 Å². The first-order valence-electron chi connectivity index (χ1n) is 4.91. The number of hydrogen-bond donors (Lipinski definition) is 1. The highest BCUT2D eigenvalue weighted by molar-refractivity contribution is 5.33. The number of ether oxygens (including phenoxy) is 1. The van der Waals surface area contributed by atoms with Crippen molar-refractivity contribution in [3.63, 3.8) is 0 Å². The average Bonchev–Trinajstić information content (AvgIpc) is 2.27. The molecule has 3 heteroatoms. The second-order valence-electron chi connectivity index (χ2n) is 3.84. The Morgan fingerprint density at radius 1 is 1.47 bits per heavy atom. The number of benzene rings is 1. The van der Waals surface area contributed by atoms with Crippen molar-refractivity contribution >= 4 is 0 Å². The third kappa shape index (κ3) is 3.26. The molecule has 0 aliphatic heterocycles. The van der Waals surface area contributed by atoms with Crippen molar-refractivity contribution in [2.75, 3.05) is 7.11 Å². The molecule has 1 aromatic carbocycles. The molecular formula is C12H16N2O. The van der Waals surface area contributed by atoms with E-state index in [0.29, 0.717) is 6.42 Å². The quantitative estimate of drug-likeness (QED) is 0.814. The number of para-hydroxylation sites is 1. The van der Waals surface area contributed by atoms with Gasteiger partial charge in [0.05, 0.1) is 13.2 Å². The summed E-state index contributed by atoms with van der Waals surface area (Å²) in [6.07, 6.45) is 1.38. The van der Waals surface area contributed by atoms with Gasteiger partial charge in [-0.1, -0.05) is 18.2 Å². The Balaban J connectivity index is 2.70. The van der Waals surface area contributed by atoms with Gasteiger partial charge in [0.25, 0.3) is 0 Å². The smallest absolute Gasteiger partial charge is 0.122 e. The van der Waals surface area contributed by atoms with Gasteiger partial charge in [-0.3, -0.25) is 0 Å². The lowest BCUT2D eigenvalue weighted by Crippen LogP contribution is -2.34. The predicted molar refractivity (Wildman–Crippen MR) is 59.5 cm³/mol. The van der Waals surface area contributed by atoms with E-state index in [1.807, 2.05) is 24.3 Å². The number of nitrogens with zero attached hydrogens (tertiary/aromatic N) is 1. The van der Waals surface area contributed by atoms with Gasteiger partial charge in [0.2, 0.25) is 0 Å². The predicted octanol–water partition coefficient (Wildman–Crippen LogP) is 1.87. The molecule has 1 atom stereocenters. The van der Waals surface area contributed by atoms with Gasteiger partial charge in [0.15, 0.2) is 0 Å². The minimum Gasteiger partial charge on any atom is -0.496 e. The first-order valence-corrected chi connectivity index (χ1v) is 4.91. The van der Waals surface area contributed by atoms with E-state index in [1.165, 1.54) is 0 Å². The number of rotatable bonds is 4. The summed E-state index contributed by atoms with van der Waals surface area (Å²) in [6.45, 7) is 1.74. The lowest BCUT2D eigenvalue weighted by molar-refractivity contribution is 0.407. The van der Waals surface area contributed by atoms with Crippen LogP contribution in [0.3, 0.4) is 0 Å². The molecule has 1 rings (SSSR count). The van der Waals surface area contributed by atoms with Crippen LogP contribution in [0.4, 0.5) is 0 Å². The van der Waals surface area contributed by atoms with Gasteiger partial charge in [0, 0.05) is 0 Å². The zero-order valence-electron chi connectivity index (χ0n) is 9.16. The summed E-state index contributed by atoms with van der Waals surface area (Å²) < 4.78 is 5.22. The van der Waals surface area contributed by atoms with Gasteiger partial charge in [-0.2, -0.15) is 5.26 Å². The summed E-state index contributed by atoms with van der Waals surface area (Å²) in [7, 11) is 1.64. The Bertz CT molecular complexity index is 366. The second kappa shape index (κ2) is 4.81.